The van der Waals surface area contributed by atoms with Crippen LogP contribution in [0.3, 0.4) is 0 Å². The first-order chi connectivity index (χ1) is 9.82. The maximum absolute atomic E-state index is 13.7. The summed E-state index contributed by atoms with van der Waals surface area (Å²) in [6.07, 6.45) is -2.98. The molecule has 0 bridgehead atoms. The maximum Gasteiger partial charge on any atom is 0.416 e. The summed E-state index contributed by atoms with van der Waals surface area (Å²) in [6, 6.07) is 1.99. The number of halogens is 5. The van der Waals surface area contributed by atoms with Crippen molar-refractivity contribution in [3.8, 4) is 0 Å². The molecule has 1 fully saturated rings. The van der Waals surface area contributed by atoms with E-state index in [4.69, 9.17) is 0 Å². The first-order valence-electron chi connectivity index (χ1n) is 6.66. The van der Waals surface area contributed by atoms with E-state index < -0.39 is 29.0 Å². The summed E-state index contributed by atoms with van der Waals surface area (Å²) in [5.41, 5.74) is -1.55. The monoisotopic (exact) mass is 340 g/mol. The van der Waals surface area contributed by atoms with E-state index in [0.29, 0.717) is 31.3 Å². The highest BCUT2D eigenvalue weighted by atomic mass is 35.5. The fourth-order valence-electron chi connectivity index (χ4n) is 2.43. The molecule has 1 aliphatic heterocycles. The molecule has 1 N–H and O–H groups in total. The molecule has 3 nitrogen and oxygen atoms in total. The topological polar surface area (TPSA) is 32.3 Å². The van der Waals surface area contributed by atoms with Crippen molar-refractivity contribution in [3.05, 3.63) is 35.1 Å². The van der Waals surface area contributed by atoms with Gasteiger partial charge in [-0.3, -0.25) is 4.79 Å². The Kier molecular flexibility index (Phi) is 6.19. The van der Waals surface area contributed by atoms with Crippen LogP contribution in [0.25, 0.3) is 0 Å². The zero-order valence-corrected chi connectivity index (χ0v) is 12.7. The average Bonchev–Trinajstić information content (AvgIpc) is 2.46. The standard InChI is InChI=1S/C14H16F4N2O.ClH/c1-19-10-3-2-6-20(8-10)13(21)11-7-9(14(16,17)18)4-5-12(11)15;/h4-5,7,10,19H,2-3,6,8H2,1H3;1H. The Morgan fingerprint density at radius 3 is 2.64 bits per heavy atom. The predicted molar refractivity (Wildman–Crippen MR) is 76.6 cm³/mol. The number of hydrogen-bond acceptors (Lipinski definition) is 2. The van der Waals surface area contributed by atoms with Crippen LogP contribution in [0.1, 0.15) is 28.8 Å². The van der Waals surface area contributed by atoms with Gasteiger partial charge in [-0.1, -0.05) is 0 Å². The maximum atomic E-state index is 13.7. The first kappa shape index (κ1) is 18.7. The molecule has 1 amide bonds. The van der Waals surface area contributed by atoms with E-state index in [-0.39, 0.29) is 18.4 Å². The van der Waals surface area contributed by atoms with Crippen LogP contribution in [0.5, 0.6) is 0 Å². The molecule has 1 aromatic carbocycles. The van der Waals surface area contributed by atoms with E-state index in [9.17, 15) is 22.4 Å². The van der Waals surface area contributed by atoms with Crippen molar-refractivity contribution in [2.45, 2.75) is 25.1 Å². The second-order valence-corrected chi connectivity index (χ2v) is 5.07. The van der Waals surface area contributed by atoms with E-state index in [1.165, 1.54) is 4.90 Å². The number of piperidine rings is 1. The van der Waals surface area contributed by atoms with Gasteiger partial charge in [-0.2, -0.15) is 13.2 Å². The van der Waals surface area contributed by atoms with Crippen LogP contribution < -0.4 is 5.32 Å². The van der Waals surface area contributed by atoms with Crippen molar-refractivity contribution in [2.24, 2.45) is 0 Å². The number of nitrogens with zero attached hydrogens (tertiary/aromatic N) is 1. The second kappa shape index (κ2) is 7.28. The number of benzene rings is 1. The van der Waals surface area contributed by atoms with Crippen molar-refractivity contribution < 1.29 is 22.4 Å². The van der Waals surface area contributed by atoms with Gasteiger partial charge in [-0.15, -0.1) is 12.4 Å². The lowest BCUT2D eigenvalue weighted by molar-refractivity contribution is -0.137. The molecule has 1 atom stereocenters. The molecule has 0 aromatic heterocycles. The van der Waals surface area contributed by atoms with Gasteiger partial charge in [0.1, 0.15) is 5.82 Å². The SMILES string of the molecule is CNC1CCCN(C(=O)c2cc(C(F)(F)F)ccc2F)C1.Cl. The summed E-state index contributed by atoms with van der Waals surface area (Å²) in [6.45, 7) is 0.789. The van der Waals surface area contributed by atoms with Crippen LogP contribution in [-0.2, 0) is 6.18 Å². The molecule has 8 heteroatoms. The summed E-state index contributed by atoms with van der Waals surface area (Å²) < 4.78 is 51.7. The van der Waals surface area contributed by atoms with Gasteiger partial charge in [0.05, 0.1) is 11.1 Å². The third-order valence-electron chi connectivity index (χ3n) is 3.64. The molecule has 1 saturated heterocycles. The molecule has 0 saturated carbocycles. The quantitative estimate of drug-likeness (QED) is 0.839. The fraction of sp³-hybridized carbons (Fsp3) is 0.500. The Labute approximate surface area is 132 Å². The molecule has 124 valence electrons. The molecule has 1 unspecified atom stereocenters. The van der Waals surface area contributed by atoms with Gasteiger partial charge in [-0.05, 0) is 38.1 Å². The molecule has 0 spiro atoms. The lowest BCUT2D eigenvalue weighted by atomic mass is 10.0. The second-order valence-electron chi connectivity index (χ2n) is 5.07. The number of hydrogen-bond donors (Lipinski definition) is 1. The Morgan fingerprint density at radius 1 is 1.36 bits per heavy atom. The summed E-state index contributed by atoms with van der Waals surface area (Å²) >= 11 is 0. The average molecular weight is 341 g/mol. The Hall–Kier alpha value is -1.34. The molecule has 2 rings (SSSR count). The van der Waals surface area contributed by atoms with E-state index >= 15 is 0 Å². The summed E-state index contributed by atoms with van der Waals surface area (Å²) in [7, 11) is 1.75. The minimum atomic E-state index is -4.60. The number of likely N-dealkylation sites (tertiary alicyclic amines) is 1. The van der Waals surface area contributed by atoms with Crippen molar-refractivity contribution in [1.82, 2.24) is 10.2 Å². The molecule has 0 radical (unpaired) electrons. The van der Waals surface area contributed by atoms with Crippen LogP contribution in [-0.4, -0.2) is 37.0 Å². The predicted octanol–water partition coefficient (Wildman–Crippen LogP) is 3.09. The Morgan fingerprint density at radius 2 is 2.05 bits per heavy atom. The van der Waals surface area contributed by atoms with Gasteiger partial charge in [0.2, 0.25) is 0 Å². The van der Waals surface area contributed by atoms with Gasteiger partial charge in [0.25, 0.3) is 5.91 Å². The third-order valence-corrected chi connectivity index (χ3v) is 3.64. The van der Waals surface area contributed by atoms with Crippen LogP contribution >= 0.6 is 12.4 Å². The highest BCUT2D eigenvalue weighted by molar-refractivity contribution is 5.94. The van der Waals surface area contributed by atoms with Gasteiger partial charge >= 0.3 is 6.18 Å². The lowest BCUT2D eigenvalue weighted by Gasteiger charge is -2.32. The zero-order valence-electron chi connectivity index (χ0n) is 11.9. The van der Waals surface area contributed by atoms with Crippen LogP contribution in [0.2, 0.25) is 0 Å². The smallest absolute Gasteiger partial charge is 0.337 e. The fourth-order valence-corrected chi connectivity index (χ4v) is 2.43. The molecular formula is C14H17ClF4N2O. The number of rotatable bonds is 2. The third kappa shape index (κ3) is 4.10. The number of amides is 1. The van der Waals surface area contributed by atoms with Gasteiger partial charge in [0, 0.05) is 19.1 Å². The van der Waals surface area contributed by atoms with E-state index in [1.54, 1.807) is 7.05 Å². The highest BCUT2D eigenvalue weighted by Gasteiger charge is 2.33. The molecule has 22 heavy (non-hydrogen) atoms. The molecular weight excluding hydrogens is 324 g/mol. The van der Waals surface area contributed by atoms with Crippen LogP contribution in [0.15, 0.2) is 18.2 Å². The number of alkyl halides is 3. The van der Waals surface area contributed by atoms with Gasteiger partial charge < -0.3 is 10.2 Å². The highest BCUT2D eigenvalue weighted by Crippen LogP contribution is 2.30. The number of carbonyl (C=O) groups excluding carboxylic acids is 1. The number of likely N-dealkylation sites (N-methyl/N-ethyl adjacent to an activating group) is 1. The molecule has 1 aliphatic rings. The van der Waals surface area contributed by atoms with Crippen molar-refractivity contribution >= 4 is 18.3 Å². The molecule has 1 heterocycles. The van der Waals surface area contributed by atoms with Crippen molar-refractivity contribution in [3.63, 3.8) is 0 Å². The summed E-state index contributed by atoms with van der Waals surface area (Å²) in [5, 5.41) is 3.02. The number of nitrogens with one attached hydrogen (secondary N) is 1. The zero-order chi connectivity index (χ0) is 15.6. The Balaban J connectivity index is 0.00000242. The Bertz CT molecular complexity index is 536. The van der Waals surface area contributed by atoms with Gasteiger partial charge in [-0.25, -0.2) is 4.39 Å². The minimum absolute atomic E-state index is 0. The normalized spacial score (nSPS) is 18.8. The van der Waals surface area contributed by atoms with E-state index in [1.807, 2.05) is 0 Å². The van der Waals surface area contributed by atoms with Gasteiger partial charge in [0.15, 0.2) is 0 Å². The van der Waals surface area contributed by atoms with Crippen molar-refractivity contribution in [1.29, 1.82) is 0 Å². The largest absolute Gasteiger partial charge is 0.416 e. The summed E-state index contributed by atoms with van der Waals surface area (Å²) in [4.78, 5) is 13.6. The van der Waals surface area contributed by atoms with Crippen LogP contribution in [0, 0.1) is 5.82 Å². The molecule has 0 aliphatic carbocycles. The van der Waals surface area contributed by atoms with Crippen molar-refractivity contribution in [2.75, 3.05) is 20.1 Å². The summed E-state index contributed by atoms with van der Waals surface area (Å²) in [5.74, 6) is -1.63. The van der Waals surface area contributed by atoms with E-state index in [0.717, 1.165) is 12.8 Å². The first-order valence-corrected chi connectivity index (χ1v) is 6.66. The number of carbonyl (C=O) groups is 1. The molecule has 1 aromatic rings. The van der Waals surface area contributed by atoms with E-state index in [2.05, 4.69) is 5.32 Å². The minimum Gasteiger partial charge on any atom is -0.337 e. The lowest BCUT2D eigenvalue weighted by Crippen LogP contribution is -2.47. The van der Waals surface area contributed by atoms with Crippen LogP contribution in [0.4, 0.5) is 17.6 Å².